The molecule has 0 heterocycles. The second kappa shape index (κ2) is 7.71. The average molecular weight is 334 g/mol. The lowest BCUT2D eigenvalue weighted by Gasteiger charge is -2.14. The van der Waals surface area contributed by atoms with E-state index in [0.717, 1.165) is 5.56 Å². The van der Waals surface area contributed by atoms with Crippen molar-refractivity contribution in [3.05, 3.63) is 69.2 Å². The number of halogens is 1. The molecule has 0 fully saturated rings. The number of carbonyl (C=O) groups excluding carboxylic acids is 1. The third kappa shape index (κ3) is 4.77. The Morgan fingerprint density at radius 2 is 1.96 bits per heavy atom. The lowest BCUT2D eigenvalue weighted by atomic mass is 10.1. The van der Waals surface area contributed by atoms with Gasteiger partial charge in [0.2, 0.25) is 5.91 Å². The summed E-state index contributed by atoms with van der Waals surface area (Å²) >= 11 is 5.74. The van der Waals surface area contributed by atoms with Crippen molar-refractivity contribution in [3.63, 3.8) is 0 Å². The summed E-state index contributed by atoms with van der Waals surface area (Å²) in [6, 6.07) is 13.8. The van der Waals surface area contributed by atoms with Crippen LogP contribution in [0, 0.1) is 10.1 Å². The molecule has 1 amide bonds. The fourth-order valence-corrected chi connectivity index (χ4v) is 2.23. The minimum absolute atomic E-state index is 0.0119. The zero-order valence-corrected chi connectivity index (χ0v) is 13.2. The van der Waals surface area contributed by atoms with Crippen molar-refractivity contribution in [3.8, 4) is 0 Å². The second-order valence-electron chi connectivity index (χ2n) is 4.98. The highest BCUT2D eigenvalue weighted by atomic mass is 35.5. The van der Waals surface area contributed by atoms with Gasteiger partial charge in [-0.25, -0.2) is 0 Å². The van der Waals surface area contributed by atoms with Crippen LogP contribution < -0.4 is 10.6 Å². The van der Waals surface area contributed by atoms with E-state index in [2.05, 4.69) is 10.6 Å². The summed E-state index contributed by atoms with van der Waals surface area (Å²) in [6.45, 7) is 1.98. The number of nitrogens with one attached hydrogen (secondary N) is 2. The van der Waals surface area contributed by atoms with Crippen LogP contribution in [0.5, 0.6) is 0 Å². The third-order valence-corrected chi connectivity index (χ3v) is 3.53. The van der Waals surface area contributed by atoms with Crippen molar-refractivity contribution in [2.75, 3.05) is 11.9 Å². The summed E-state index contributed by atoms with van der Waals surface area (Å²) in [5, 5.41) is 16.8. The number of hydrogen-bond acceptors (Lipinski definition) is 4. The topological polar surface area (TPSA) is 84.3 Å². The fourth-order valence-electron chi connectivity index (χ4n) is 2.06. The van der Waals surface area contributed by atoms with E-state index in [1.807, 2.05) is 37.3 Å². The molecule has 2 rings (SSSR count). The Balaban J connectivity index is 1.96. The normalized spacial score (nSPS) is 11.7. The van der Waals surface area contributed by atoms with Crippen LogP contribution in [-0.2, 0) is 4.79 Å². The van der Waals surface area contributed by atoms with Crippen LogP contribution in [0.25, 0.3) is 0 Å². The van der Waals surface area contributed by atoms with Crippen molar-refractivity contribution in [2.45, 2.75) is 13.0 Å². The number of rotatable bonds is 6. The van der Waals surface area contributed by atoms with E-state index in [4.69, 9.17) is 11.6 Å². The first-order valence-electron chi connectivity index (χ1n) is 6.99. The maximum absolute atomic E-state index is 12.0. The van der Waals surface area contributed by atoms with Crippen LogP contribution in [0.2, 0.25) is 5.02 Å². The van der Waals surface area contributed by atoms with E-state index in [0.29, 0.717) is 0 Å². The van der Waals surface area contributed by atoms with Gasteiger partial charge in [-0.15, -0.1) is 0 Å². The first kappa shape index (κ1) is 16.9. The molecule has 7 heteroatoms. The van der Waals surface area contributed by atoms with Gasteiger partial charge in [0.1, 0.15) is 5.69 Å². The molecule has 0 saturated carbocycles. The zero-order valence-electron chi connectivity index (χ0n) is 12.5. The lowest BCUT2D eigenvalue weighted by Crippen LogP contribution is -2.30. The van der Waals surface area contributed by atoms with E-state index in [1.165, 1.54) is 18.2 Å². The molecule has 0 aliphatic heterocycles. The Morgan fingerprint density at radius 3 is 2.61 bits per heavy atom. The van der Waals surface area contributed by atoms with E-state index in [9.17, 15) is 14.9 Å². The molecule has 0 aliphatic rings. The number of amides is 1. The summed E-state index contributed by atoms with van der Waals surface area (Å²) in [6.07, 6.45) is 0. The van der Waals surface area contributed by atoms with Gasteiger partial charge in [-0.2, -0.15) is 0 Å². The molecule has 0 aromatic heterocycles. The first-order chi connectivity index (χ1) is 11.0. The van der Waals surface area contributed by atoms with Crippen molar-refractivity contribution >= 4 is 28.9 Å². The maximum Gasteiger partial charge on any atom is 0.294 e. The molecule has 0 spiro atoms. The Hall–Kier alpha value is -2.44. The molecule has 1 atom stereocenters. The van der Waals surface area contributed by atoms with Crippen LogP contribution >= 0.6 is 11.6 Å². The van der Waals surface area contributed by atoms with Crippen molar-refractivity contribution < 1.29 is 9.72 Å². The van der Waals surface area contributed by atoms with Crippen LogP contribution in [0.15, 0.2) is 48.5 Å². The molecule has 0 aliphatic carbocycles. The average Bonchev–Trinajstić information content (AvgIpc) is 2.55. The van der Waals surface area contributed by atoms with Crippen LogP contribution in [0.3, 0.4) is 0 Å². The number of anilines is 1. The van der Waals surface area contributed by atoms with Crippen LogP contribution in [-0.4, -0.2) is 17.4 Å². The van der Waals surface area contributed by atoms with Gasteiger partial charge in [-0.05, 0) is 24.6 Å². The first-order valence-corrected chi connectivity index (χ1v) is 7.37. The molecule has 2 N–H and O–H groups in total. The molecule has 0 bridgehead atoms. The Morgan fingerprint density at radius 1 is 1.26 bits per heavy atom. The van der Waals surface area contributed by atoms with E-state index < -0.39 is 4.92 Å². The molecular weight excluding hydrogens is 318 g/mol. The van der Waals surface area contributed by atoms with Crippen molar-refractivity contribution in [1.29, 1.82) is 0 Å². The molecule has 6 nitrogen and oxygen atoms in total. The van der Waals surface area contributed by atoms with Gasteiger partial charge in [-0.1, -0.05) is 41.9 Å². The molecule has 0 saturated heterocycles. The van der Waals surface area contributed by atoms with Gasteiger partial charge in [0.25, 0.3) is 5.69 Å². The van der Waals surface area contributed by atoms with E-state index >= 15 is 0 Å². The van der Waals surface area contributed by atoms with Gasteiger partial charge >= 0.3 is 0 Å². The van der Waals surface area contributed by atoms with Gasteiger partial charge in [0.05, 0.1) is 11.5 Å². The van der Waals surface area contributed by atoms with Gasteiger partial charge in [-0.3, -0.25) is 14.9 Å². The highest BCUT2D eigenvalue weighted by Gasteiger charge is 2.16. The Labute approximate surface area is 138 Å². The SMILES string of the molecule is C[C@@H](NCC(=O)Nc1ccc(Cl)cc1[N+](=O)[O-])c1ccccc1. The monoisotopic (exact) mass is 333 g/mol. The largest absolute Gasteiger partial charge is 0.319 e. The zero-order chi connectivity index (χ0) is 16.8. The molecule has 2 aromatic rings. The van der Waals surface area contributed by atoms with Gasteiger partial charge < -0.3 is 10.6 Å². The predicted molar refractivity (Wildman–Crippen MR) is 89.6 cm³/mol. The molecule has 0 unspecified atom stereocenters. The van der Waals surface area contributed by atoms with Crippen LogP contribution in [0.4, 0.5) is 11.4 Å². The summed E-state index contributed by atoms with van der Waals surface area (Å²) in [5.41, 5.74) is 0.943. The second-order valence-corrected chi connectivity index (χ2v) is 5.42. The van der Waals surface area contributed by atoms with E-state index in [-0.39, 0.29) is 34.9 Å². The number of nitrogens with zero attached hydrogens (tertiary/aromatic N) is 1. The molecule has 0 radical (unpaired) electrons. The summed E-state index contributed by atoms with van der Waals surface area (Å²) in [7, 11) is 0. The highest BCUT2D eigenvalue weighted by molar-refractivity contribution is 6.31. The van der Waals surface area contributed by atoms with Crippen molar-refractivity contribution in [1.82, 2.24) is 5.32 Å². The van der Waals surface area contributed by atoms with Crippen molar-refractivity contribution in [2.24, 2.45) is 0 Å². The minimum atomic E-state index is -0.582. The predicted octanol–water partition coefficient (Wildman–Crippen LogP) is 3.54. The van der Waals surface area contributed by atoms with Gasteiger partial charge in [0.15, 0.2) is 0 Å². The summed E-state index contributed by atoms with van der Waals surface area (Å²) in [5.74, 6) is -0.363. The number of benzene rings is 2. The van der Waals surface area contributed by atoms with Crippen LogP contribution in [0.1, 0.15) is 18.5 Å². The number of nitro benzene ring substituents is 1. The molecule has 23 heavy (non-hydrogen) atoms. The number of carbonyl (C=O) groups is 1. The Bertz CT molecular complexity index is 707. The van der Waals surface area contributed by atoms with E-state index in [1.54, 1.807) is 0 Å². The standard InChI is InChI=1S/C16H16ClN3O3/c1-11(12-5-3-2-4-6-12)18-10-16(21)19-14-8-7-13(17)9-15(14)20(22)23/h2-9,11,18H,10H2,1H3,(H,19,21)/t11-/m1/s1. The Kier molecular flexibility index (Phi) is 5.67. The quantitative estimate of drug-likeness (QED) is 0.625. The number of hydrogen-bond donors (Lipinski definition) is 2. The maximum atomic E-state index is 12.0. The lowest BCUT2D eigenvalue weighted by molar-refractivity contribution is -0.383. The highest BCUT2D eigenvalue weighted by Crippen LogP contribution is 2.27. The third-order valence-electron chi connectivity index (χ3n) is 3.30. The summed E-state index contributed by atoms with van der Waals surface area (Å²) < 4.78 is 0. The van der Waals surface area contributed by atoms with Gasteiger partial charge in [0, 0.05) is 17.1 Å². The molecular formula is C16H16ClN3O3. The number of nitro groups is 1. The minimum Gasteiger partial charge on any atom is -0.319 e. The summed E-state index contributed by atoms with van der Waals surface area (Å²) in [4.78, 5) is 22.4. The smallest absolute Gasteiger partial charge is 0.294 e. The molecule has 2 aromatic carbocycles. The fraction of sp³-hybridized carbons (Fsp3) is 0.188. The molecule has 120 valence electrons.